The fourth-order valence-electron chi connectivity index (χ4n) is 3.76. The molecular formula is C16H32. The summed E-state index contributed by atoms with van der Waals surface area (Å²) in [6, 6.07) is 0. The van der Waals surface area contributed by atoms with Gasteiger partial charge >= 0.3 is 0 Å². The lowest BCUT2D eigenvalue weighted by molar-refractivity contribution is 0.153. The van der Waals surface area contributed by atoms with E-state index in [2.05, 4.69) is 27.7 Å². The maximum absolute atomic E-state index is 2.43. The normalized spacial score (nSPS) is 28.3. The molecule has 0 spiro atoms. The third kappa shape index (κ3) is 4.11. The van der Waals surface area contributed by atoms with Crippen LogP contribution in [-0.2, 0) is 0 Å². The van der Waals surface area contributed by atoms with Gasteiger partial charge in [0.15, 0.2) is 0 Å². The van der Waals surface area contributed by atoms with Crippen molar-refractivity contribution in [3.05, 3.63) is 0 Å². The zero-order valence-electron chi connectivity index (χ0n) is 12.0. The summed E-state index contributed by atoms with van der Waals surface area (Å²) in [6.45, 7) is 9.54. The van der Waals surface area contributed by atoms with Gasteiger partial charge in [-0.3, -0.25) is 0 Å². The van der Waals surface area contributed by atoms with E-state index in [0.29, 0.717) is 0 Å². The molecule has 0 N–H and O–H groups in total. The summed E-state index contributed by atoms with van der Waals surface area (Å²) in [4.78, 5) is 0. The molecule has 0 amide bonds. The van der Waals surface area contributed by atoms with E-state index in [1.165, 1.54) is 51.4 Å². The largest absolute Gasteiger partial charge is 0.0654 e. The highest BCUT2D eigenvalue weighted by molar-refractivity contribution is 4.79. The van der Waals surface area contributed by atoms with Crippen LogP contribution in [0.2, 0.25) is 0 Å². The predicted octanol–water partition coefficient (Wildman–Crippen LogP) is 5.67. The molecule has 0 heteroatoms. The second-order valence-electron chi connectivity index (χ2n) is 6.27. The monoisotopic (exact) mass is 224 g/mol. The van der Waals surface area contributed by atoms with Crippen molar-refractivity contribution in [2.45, 2.75) is 79.1 Å². The SMILES string of the molecule is CCCC1CCC(C(CCC)C(C)C)CC1. The first-order valence-electron chi connectivity index (χ1n) is 7.69. The summed E-state index contributed by atoms with van der Waals surface area (Å²) in [5.74, 6) is 4.02. The van der Waals surface area contributed by atoms with Crippen LogP contribution in [0.3, 0.4) is 0 Å². The zero-order valence-corrected chi connectivity index (χ0v) is 12.0. The fraction of sp³-hybridized carbons (Fsp3) is 1.00. The molecule has 16 heavy (non-hydrogen) atoms. The van der Waals surface area contributed by atoms with Gasteiger partial charge < -0.3 is 0 Å². The first-order chi connectivity index (χ1) is 7.69. The Morgan fingerprint density at radius 1 is 0.938 bits per heavy atom. The molecule has 1 aliphatic rings. The van der Waals surface area contributed by atoms with E-state index in [1.807, 2.05) is 0 Å². The minimum absolute atomic E-state index is 0.896. The van der Waals surface area contributed by atoms with Gasteiger partial charge in [-0.05, 0) is 36.5 Å². The molecule has 0 aliphatic heterocycles. The Bertz CT molecular complexity index is 163. The van der Waals surface area contributed by atoms with E-state index >= 15 is 0 Å². The quantitative estimate of drug-likeness (QED) is 0.545. The van der Waals surface area contributed by atoms with Gasteiger partial charge in [-0.25, -0.2) is 0 Å². The van der Waals surface area contributed by atoms with Crippen LogP contribution in [0.5, 0.6) is 0 Å². The molecule has 0 aromatic heterocycles. The molecule has 96 valence electrons. The third-order valence-electron chi connectivity index (χ3n) is 4.67. The third-order valence-corrected chi connectivity index (χ3v) is 4.67. The molecule has 1 saturated carbocycles. The van der Waals surface area contributed by atoms with Crippen molar-refractivity contribution >= 4 is 0 Å². The average molecular weight is 224 g/mol. The van der Waals surface area contributed by atoms with Gasteiger partial charge in [0.1, 0.15) is 0 Å². The van der Waals surface area contributed by atoms with Crippen LogP contribution in [0, 0.1) is 23.7 Å². The second-order valence-corrected chi connectivity index (χ2v) is 6.27. The van der Waals surface area contributed by atoms with Crippen LogP contribution in [0.4, 0.5) is 0 Å². The molecule has 0 aromatic rings. The fourth-order valence-corrected chi connectivity index (χ4v) is 3.76. The lowest BCUT2D eigenvalue weighted by atomic mass is 9.70. The Hall–Kier alpha value is 0. The topological polar surface area (TPSA) is 0 Å². The molecule has 1 rings (SSSR count). The number of hydrogen-bond acceptors (Lipinski definition) is 0. The van der Waals surface area contributed by atoms with Crippen molar-refractivity contribution in [1.29, 1.82) is 0 Å². The van der Waals surface area contributed by atoms with Gasteiger partial charge in [0.2, 0.25) is 0 Å². The first kappa shape index (κ1) is 14.1. The van der Waals surface area contributed by atoms with Gasteiger partial charge in [0.25, 0.3) is 0 Å². The summed E-state index contributed by atoms with van der Waals surface area (Å²) in [6.07, 6.45) is 11.8. The van der Waals surface area contributed by atoms with Crippen LogP contribution in [0.25, 0.3) is 0 Å². The Labute approximate surface area is 103 Å². The van der Waals surface area contributed by atoms with Crippen molar-refractivity contribution in [3.8, 4) is 0 Å². The molecule has 0 bridgehead atoms. The second kappa shape index (κ2) is 7.35. The first-order valence-corrected chi connectivity index (χ1v) is 7.69. The van der Waals surface area contributed by atoms with Gasteiger partial charge in [0, 0.05) is 0 Å². The smallest absolute Gasteiger partial charge is 0.0363 e. The van der Waals surface area contributed by atoms with Crippen LogP contribution in [0.15, 0.2) is 0 Å². The Morgan fingerprint density at radius 2 is 1.56 bits per heavy atom. The lowest BCUT2D eigenvalue weighted by Crippen LogP contribution is -2.25. The summed E-state index contributed by atoms with van der Waals surface area (Å²) >= 11 is 0. The molecule has 0 radical (unpaired) electrons. The summed E-state index contributed by atoms with van der Waals surface area (Å²) in [7, 11) is 0. The van der Waals surface area contributed by atoms with E-state index in [-0.39, 0.29) is 0 Å². The minimum Gasteiger partial charge on any atom is -0.0654 e. The highest BCUT2D eigenvalue weighted by Gasteiger charge is 2.28. The van der Waals surface area contributed by atoms with Crippen LogP contribution < -0.4 is 0 Å². The minimum atomic E-state index is 0.896. The van der Waals surface area contributed by atoms with Crippen molar-refractivity contribution < 1.29 is 0 Å². The molecule has 1 unspecified atom stereocenters. The highest BCUT2D eigenvalue weighted by atomic mass is 14.3. The van der Waals surface area contributed by atoms with Crippen LogP contribution in [-0.4, -0.2) is 0 Å². The molecule has 0 heterocycles. The lowest BCUT2D eigenvalue weighted by Gasteiger charge is -2.36. The maximum Gasteiger partial charge on any atom is -0.0363 e. The van der Waals surface area contributed by atoms with E-state index in [9.17, 15) is 0 Å². The van der Waals surface area contributed by atoms with E-state index < -0.39 is 0 Å². The van der Waals surface area contributed by atoms with Gasteiger partial charge in [-0.15, -0.1) is 0 Å². The number of rotatable bonds is 6. The highest BCUT2D eigenvalue weighted by Crippen LogP contribution is 2.39. The van der Waals surface area contributed by atoms with Gasteiger partial charge in [-0.1, -0.05) is 66.2 Å². The summed E-state index contributed by atoms with van der Waals surface area (Å²) in [5.41, 5.74) is 0. The number of hydrogen-bond donors (Lipinski definition) is 0. The Kier molecular flexibility index (Phi) is 6.46. The van der Waals surface area contributed by atoms with E-state index in [0.717, 1.165) is 23.7 Å². The molecule has 1 fully saturated rings. The van der Waals surface area contributed by atoms with Crippen molar-refractivity contribution in [3.63, 3.8) is 0 Å². The zero-order chi connectivity index (χ0) is 12.0. The molecule has 0 saturated heterocycles. The van der Waals surface area contributed by atoms with Crippen LogP contribution >= 0.6 is 0 Å². The van der Waals surface area contributed by atoms with Gasteiger partial charge in [-0.2, -0.15) is 0 Å². The van der Waals surface area contributed by atoms with Crippen molar-refractivity contribution in [1.82, 2.24) is 0 Å². The molecule has 0 aromatic carbocycles. The van der Waals surface area contributed by atoms with Crippen LogP contribution in [0.1, 0.15) is 79.1 Å². The summed E-state index contributed by atoms with van der Waals surface area (Å²) < 4.78 is 0. The van der Waals surface area contributed by atoms with E-state index in [1.54, 1.807) is 0 Å². The Balaban J connectivity index is 2.38. The maximum atomic E-state index is 2.43. The van der Waals surface area contributed by atoms with Crippen molar-refractivity contribution in [2.75, 3.05) is 0 Å². The molecular weight excluding hydrogens is 192 g/mol. The van der Waals surface area contributed by atoms with E-state index in [4.69, 9.17) is 0 Å². The molecule has 0 nitrogen and oxygen atoms in total. The van der Waals surface area contributed by atoms with Gasteiger partial charge in [0.05, 0.1) is 0 Å². The predicted molar refractivity (Wildman–Crippen MR) is 73.6 cm³/mol. The molecule has 1 atom stereocenters. The summed E-state index contributed by atoms with van der Waals surface area (Å²) in [5, 5.41) is 0. The average Bonchev–Trinajstić information content (AvgIpc) is 2.27. The standard InChI is InChI=1S/C16H32/c1-5-7-14-9-11-15(12-10-14)16(8-6-2)13(3)4/h13-16H,5-12H2,1-4H3. The Morgan fingerprint density at radius 3 is 2.00 bits per heavy atom. The van der Waals surface area contributed by atoms with Crippen molar-refractivity contribution in [2.24, 2.45) is 23.7 Å². The molecule has 1 aliphatic carbocycles.